The number of nitrogens with zero attached hydrogens (tertiary/aromatic N) is 3. The van der Waals surface area contributed by atoms with Crippen LogP contribution in [0.15, 0.2) is 66.7 Å². The van der Waals surface area contributed by atoms with Crippen LogP contribution >= 0.6 is 0 Å². The van der Waals surface area contributed by atoms with Gasteiger partial charge in [0.15, 0.2) is 0 Å². The molecule has 6 heteroatoms. The number of nitrogens with two attached hydrogens (primary N) is 1. The number of para-hydroxylation sites is 1. The standard InChI is InChI=1S/C22H22N4O2/c23-16-6-8-19-21(14-16)26(17-4-2-1-3-5-17)22-15-18(7-9-20(22)24-19)25(10-12-27)11-13-28/h1-9,14-15,23,27-28H,10-13H2/p+1. The van der Waals surface area contributed by atoms with Crippen LogP contribution < -0.4 is 15.2 Å². The van der Waals surface area contributed by atoms with E-state index in [1.165, 1.54) is 0 Å². The van der Waals surface area contributed by atoms with Gasteiger partial charge in [0.05, 0.1) is 13.2 Å². The zero-order valence-electron chi connectivity index (χ0n) is 15.5. The molecule has 142 valence electrons. The second kappa shape index (κ2) is 7.80. The van der Waals surface area contributed by atoms with Crippen molar-refractivity contribution in [3.8, 4) is 5.69 Å². The molecule has 0 atom stereocenters. The summed E-state index contributed by atoms with van der Waals surface area (Å²) >= 11 is 0. The molecule has 6 nitrogen and oxygen atoms in total. The van der Waals surface area contributed by atoms with Crippen molar-refractivity contribution in [2.75, 3.05) is 36.9 Å². The molecule has 0 aliphatic carbocycles. The number of aliphatic hydroxyl groups is 2. The molecule has 0 amide bonds. The lowest BCUT2D eigenvalue weighted by Gasteiger charge is -2.22. The fraction of sp³-hybridized carbons (Fsp3) is 0.182. The van der Waals surface area contributed by atoms with Gasteiger partial charge in [0.1, 0.15) is 11.0 Å². The van der Waals surface area contributed by atoms with Crippen molar-refractivity contribution in [3.05, 3.63) is 66.7 Å². The molecule has 3 aromatic carbocycles. The first-order chi connectivity index (χ1) is 13.7. The normalized spacial score (nSPS) is 11.2. The summed E-state index contributed by atoms with van der Waals surface area (Å²) in [5.41, 5.74) is 12.3. The van der Waals surface area contributed by atoms with Crippen molar-refractivity contribution < 1.29 is 14.8 Å². The summed E-state index contributed by atoms with van der Waals surface area (Å²) in [4.78, 5) is 6.76. The van der Waals surface area contributed by atoms with E-state index in [1.807, 2.05) is 71.6 Å². The van der Waals surface area contributed by atoms with Crippen LogP contribution in [0.3, 0.4) is 0 Å². The molecule has 28 heavy (non-hydrogen) atoms. The second-order valence-electron chi connectivity index (χ2n) is 6.64. The molecule has 0 fully saturated rings. The van der Waals surface area contributed by atoms with Gasteiger partial charge in [-0.3, -0.25) is 0 Å². The Morgan fingerprint density at radius 2 is 1.46 bits per heavy atom. The maximum Gasteiger partial charge on any atom is 0.239 e. The van der Waals surface area contributed by atoms with E-state index in [0.717, 1.165) is 33.4 Å². The van der Waals surface area contributed by atoms with Gasteiger partial charge < -0.3 is 20.8 Å². The molecule has 4 rings (SSSR count). The molecule has 4 N–H and O–H groups in total. The summed E-state index contributed by atoms with van der Waals surface area (Å²) < 4.78 is 2.15. The molecule has 1 aromatic heterocycles. The van der Waals surface area contributed by atoms with Gasteiger partial charge in [0, 0.05) is 48.7 Å². The first-order valence-electron chi connectivity index (χ1n) is 9.28. The van der Waals surface area contributed by atoms with E-state index in [9.17, 15) is 10.2 Å². The number of anilines is 2. The van der Waals surface area contributed by atoms with Crippen LogP contribution in [0, 0.1) is 0 Å². The summed E-state index contributed by atoms with van der Waals surface area (Å²) in [5.74, 6) is 0. The minimum absolute atomic E-state index is 0.0171. The van der Waals surface area contributed by atoms with E-state index in [-0.39, 0.29) is 13.2 Å². The number of nitrogen functional groups attached to an aromatic ring is 1. The van der Waals surface area contributed by atoms with E-state index < -0.39 is 0 Å². The molecule has 0 saturated heterocycles. The third kappa shape index (κ3) is 3.35. The Morgan fingerprint density at radius 3 is 2.14 bits per heavy atom. The van der Waals surface area contributed by atoms with Gasteiger partial charge in [-0.1, -0.05) is 18.2 Å². The molecule has 0 radical (unpaired) electrons. The summed E-state index contributed by atoms with van der Waals surface area (Å²) in [6.45, 7) is 0.934. The molecule has 1 heterocycles. The number of aliphatic hydroxyl groups excluding tert-OH is 2. The summed E-state index contributed by atoms with van der Waals surface area (Å²) in [7, 11) is 0. The quantitative estimate of drug-likeness (QED) is 0.273. The van der Waals surface area contributed by atoms with Gasteiger partial charge in [-0.2, -0.15) is 0 Å². The Labute approximate surface area is 163 Å². The Bertz CT molecular complexity index is 1110. The Hall–Kier alpha value is -3.22. The van der Waals surface area contributed by atoms with Crippen LogP contribution in [-0.4, -0.2) is 41.5 Å². The average molecular weight is 375 g/mol. The highest BCUT2D eigenvalue weighted by atomic mass is 16.3. The van der Waals surface area contributed by atoms with Gasteiger partial charge in [-0.25, -0.2) is 4.98 Å². The monoisotopic (exact) mass is 375 g/mol. The first-order valence-corrected chi connectivity index (χ1v) is 9.28. The lowest BCUT2D eigenvalue weighted by atomic mass is 10.1. The van der Waals surface area contributed by atoms with E-state index in [4.69, 9.17) is 10.7 Å². The number of rotatable bonds is 6. The molecular weight excluding hydrogens is 352 g/mol. The largest absolute Gasteiger partial charge is 0.399 e. The maximum absolute atomic E-state index is 9.39. The van der Waals surface area contributed by atoms with E-state index in [1.54, 1.807) is 0 Å². The van der Waals surface area contributed by atoms with Gasteiger partial charge in [0.2, 0.25) is 16.7 Å². The Balaban J connectivity index is 2.03. The van der Waals surface area contributed by atoms with Gasteiger partial charge in [-0.15, -0.1) is 4.57 Å². The smallest absolute Gasteiger partial charge is 0.239 e. The van der Waals surface area contributed by atoms with E-state index >= 15 is 0 Å². The summed E-state index contributed by atoms with van der Waals surface area (Å²) in [6, 6.07) is 21.8. The van der Waals surface area contributed by atoms with Crippen LogP contribution in [0.25, 0.3) is 27.8 Å². The molecule has 4 aromatic rings. The zero-order chi connectivity index (χ0) is 19.5. The molecule has 0 aliphatic heterocycles. The lowest BCUT2D eigenvalue weighted by Crippen LogP contribution is -2.34. The van der Waals surface area contributed by atoms with Crippen molar-refractivity contribution in [1.29, 1.82) is 0 Å². The molecule has 0 unspecified atom stereocenters. The van der Waals surface area contributed by atoms with Crippen molar-refractivity contribution in [2.24, 2.45) is 0 Å². The zero-order valence-corrected chi connectivity index (χ0v) is 15.5. The van der Waals surface area contributed by atoms with Crippen LogP contribution in [0.2, 0.25) is 0 Å². The number of hydrogen-bond donors (Lipinski definition) is 3. The van der Waals surface area contributed by atoms with Crippen molar-refractivity contribution >= 4 is 33.4 Å². The van der Waals surface area contributed by atoms with Crippen LogP contribution in [-0.2, 0) is 0 Å². The number of hydrogen-bond acceptors (Lipinski definition) is 5. The third-order valence-electron chi connectivity index (χ3n) is 4.80. The van der Waals surface area contributed by atoms with Crippen molar-refractivity contribution in [3.63, 3.8) is 0 Å². The third-order valence-corrected chi connectivity index (χ3v) is 4.80. The maximum atomic E-state index is 9.39. The fourth-order valence-electron chi connectivity index (χ4n) is 3.52. The minimum atomic E-state index is 0.0171. The van der Waals surface area contributed by atoms with Crippen LogP contribution in [0.1, 0.15) is 0 Å². The number of aromatic nitrogens is 2. The Morgan fingerprint density at radius 1 is 0.821 bits per heavy atom. The molecular formula is C22H23N4O2+. The highest BCUT2D eigenvalue weighted by molar-refractivity contribution is 5.85. The predicted octanol–water partition coefficient (Wildman–Crippen LogP) is 2.04. The highest BCUT2D eigenvalue weighted by Crippen LogP contribution is 2.23. The van der Waals surface area contributed by atoms with Gasteiger partial charge in [0.25, 0.3) is 0 Å². The van der Waals surface area contributed by atoms with Gasteiger partial charge >= 0.3 is 0 Å². The molecule has 0 bridgehead atoms. The topological polar surface area (TPSA) is 86.5 Å². The predicted molar refractivity (Wildman–Crippen MR) is 112 cm³/mol. The second-order valence-corrected chi connectivity index (χ2v) is 6.64. The molecule has 0 spiro atoms. The van der Waals surface area contributed by atoms with Crippen molar-refractivity contribution in [1.82, 2.24) is 4.98 Å². The lowest BCUT2D eigenvalue weighted by molar-refractivity contribution is -0.538. The average Bonchev–Trinajstić information content (AvgIpc) is 2.72. The highest BCUT2D eigenvalue weighted by Gasteiger charge is 2.21. The van der Waals surface area contributed by atoms with Crippen LogP contribution in [0.5, 0.6) is 0 Å². The first kappa shape index (κ1) is 18.2. The molecule has 0 aliphatic rings. The SMILES string of the molecule is Nc1ccc2nc3ccc(N(CCO)CCO)cc3[n+](-c3ccccc3)c2c1. The van der Waals surface area contributed by atoms with Crippen molar-refractivity contribution in [2.45, 2.75) is 0 Å². The number of benzene rings is 3. The Kier molecular flexibility index (Phi) is 5.06. The fourth-order valence-corrected chi connectivity index (χ4v) is 3.52. The van der Waals surface area contributed by atoms with E-state index in [2.05, 4.69) is 4.57 Å². The minimum Gasteiger partial charge on any atom is -0.399 e. The van der Waals surface area contributed by atoms with Gasteiger partial charge in [-0.05, 0) is 24.3 Å². The molecule has 0 saturated carbocycles. The summed E-state index contributed by atoms with van der Waals surface area (Å²) in [6.07, 6.45) is 0. The van der Waals surface area contributed by atoms with E-state index in [0.29, 0.717) is 18.8 Å². The van der Waals surface area contributed by atoms with Crippen LogP contribution in [0.4, 0.5) is 11.4 Å². The summed E-state index contributed by atoms with van der Waals surface area (Å²) in [5, 5.41) is 18.8. The number of fused-ring (bicyclic) bond motifs is 2.